The summed E-state index contributed by atoms with van der Waals surface area (Å²) in [6.45, 7) is 2.86. The lowest BCUT2D eigenvalue weighted by Crippen LogP contribution is -2.23. The number of rotatable bonds is 2. The first-order valence-corrected chi connectivity index (χ1v) is 4.30. The highest BCUT2D eigenvalue weighted by atomic mass is 15.1. The molecule has 13 heavy (non-hydrogen) atoms. The van der Waals surface area contributed by atoms with Crippen LogP contribution in [0.2, 0.25) is 0 Å². The van der Waals surface area contributed by atoms with Crippen molar-refractivity contribution in [3.05, 3.63) is 23.4 Å². The van der Waals surface area contributed by atoms with Crippen LogP contribution in [0, 0.1) is 0 Å². The smallest absolute Gasteiger partial charge is 0.0912 e. The van der Waals surface area contributed by atoms with Crippen molar-refractivity contribution >= 4 is 12.6 Å². The van der Waals surface area contributed by atoms with Gasteiger partial charge in [-0.15, -0.1) is 0 Å². The van der Waals surface area contributed by atoms with Gasteiger partial charge in [-0.3, -0.25) is 4.99 Å². The van der Waals surface area contributed by atoms with Crippen LogP contribution in [-0.2, 0) is 0 Å². The highest BCUT2D eigenvalue weighted by Gasteiger charge is 2.07. The third-order valence-corrected chi connectivity index (χ3v) is 1.75. The van der Waals surface area contributed by atoms with Crippen LogP contribution in [0.3, 0.4) is 0 Å². The molecule has 1 rings (SSSR count). The first kappa shape index (κ1) is 9.71. The molecule has 0 aromatic rings. The molecule has 0 aromatic heterocycles. The van der Waals surface area contributed by atoms with Crippen molar-refractivity contribution in [2.45, 2.75) is 6.92 Å². The van der Waals surface area contributed by atoms with Crippen molar-refractivity contribution in [1.29, 1.82) is 0 Å². The zero-order valence-electron chi connectivity index (χ0n) is 8.36. The number of nitrogens with zero attached hydrogens (tertiary/aromatic N) is 3. The average Bonchev–Trinajstić information content (AvgIpc) is 2.10. The van der Waals surface area contributed by atoms with E-state index in [1.165, 1.54) is 0 Å². The topological polar surface area (TPSA) is 28.0 Å². The number of hydrogen-bond donors (Lipinski definition) is 0. The summed E-state index contributed by atoms with van der Waals surface area (Å²) in [7, 11) is 3.78. The fourth-order valence-corrected chi connectivity index (χ4v) is 1.20. The van der Waals surface area contributed by atoms with Gasteiger partial charge in [0, 0.05) is 32.4 Å². The Bertz CT molecular complexity index is 285. The summed E-state index contributed by atoms with van der Waals surface area (Å²) in [5, 5.41) is 0. The SMILES string of the molecule is C/C=C\C1=C(C=NC)CN(C)C=N1. The van der Waals surface area contributed by atoms with E-state index in [0.29, 0.717) is 0 Å². The Hall–Kier alpha value is -1.38. The molecule has 0 bridgehead atoms. The Labute approximate surface area is 79.2 Å². The van der Waals surface area contributed by atoms with Crippen molar-refractivity contribution in [2.24, 2.45) is 9.98 Å². The first-order chi connectivity index (χ1) is 6.27. The molecule has 0 N–H and O–H groups in total. The van der Waals surface area contributed by atoms with Crippen molar-refractivity contribution in [2.75, 3.05) is 20.6 Å². The Morgan fingerprint density at radius 3 is 3.00 bits per heavy atom. The molecule has 1 aliphatic rings. The van der Waals surface area contributed by atoms with Gasteiger partial charge in [0.1, 0.15) is 0 Å². The Morgan fingerprint density at radius 1 is 1.62 bits per heavy atom. The molecule has 3 nitrogen and oxygen atoms in total. The van der Waals surface area contributed by atoms with Crippen LogP contribution in [-0.4, -0.2) is 38.1 Å². The summed E-state index contributed by atoms with van der Waals surface area (Å²) in [5.74, 6) is 0. The molecule has 0 aliphatic carbocycles. The van der Waals surface area contributed by atoms with Gasteiger partial charge in [0.15, 0.2) is 0 Å². The number of likely N-dealkylation sites (N-methyl/N-ethyl adjacent to an activating group) is 1. The average molecular weight is 177 g/mol. The lowest BCUT2D eigenvalue weighted by Gasteiger charge is -2.19. The summed E-state index contributed by atoms with van der Waals surface area (Å²) >= 11 is 0. The highest BCUT2D eigenvalue weighted by molar-refractivity contribution is 5.83. The quantitative estimate of drug-likeness (QED) is 0.587. The van der Waals surface area contributed by atoms with Crippen LogP contribution in [0.5, 0.6) is 0 Å². The first-order valence-electron chi connectivity index (χ1n) is 4.30. The Morgan fingerprint density at radius 2 is 2.38 bits per heavy atom. The molecule has 0 saturated carbocycles. The Balaban J connectivity index is 2.94. The van der Waals surface area contributed by atoms with E-state index in [-0.39, 0.29) is 0 Å². The molecule has 0 spiro atoms. The van der Waals surface area contributed by atoms with Crippen molar-refractivity contribution in [3.8, 4) is 0 Å². The zero-order valence-corrected chi connectivity index (χ0v) is 8.36. The zero-order chi connectivity index (χ0) is 9.68. The number of allylic oxidation sites excluding steroid dienone is 2. The van der Waals surface area contributed by atoms with Gasteiger partial charge in [-0.25, -0.2) is 4.99 Å². The highest BCUT2D eigenvalue weighted by Crippen LogP contribution is 2.11. The van der Waals surface area contributed by atoms with E-state index >= 15 is 0 Å². The second kappa shape index (κ2) is 4.60. The Kier molecular flexibility index (Phi) is 3.43. The minimum absolute atomic E-state index is 0.876. The van der Waals surface area contributed by atoms with Crippen molar-refractivity contribution in [3.63, 3.8) is 0 Å². The molecule has 0 aromatic carbocycles. The second-order valence-electron chi connectivity index (χ2n) is 2.96. The van der Waals surface area contributed by atoms with Gasteiger partial charge in [0.05, 0.1) is 12.0 Å². The maximum Gasteiger partial charge on any atom is 0.0912 e. The molecule has 0 amide bonds. The second-order valence-corrected chi connectivity index (χ2v) is 2.96. The monoisotopic (exact) mass is 177 g/mol. The maximum atomic E-state index is 4.30. The number of hydrogen-bond acceptors (Lipinski definition) is 3. The van der Waals surface area contributed by atoms with Crippen LogP contribution in [0.25, 0.3) is 0 Å². The molecule has 0 atom stereocenters. The van der Waals surface area contributed by atoms with E-state index in [0.717, 1.165) is 17.8 Å². The number of aliphatic imine (C=N–C) groups is 2. The van der Waals surface area contributed by atoms with Gasteiger partial charge >= 0.3 is 0 Å². The van der Waals surface area contributed by atoms with E-state index in [1.54, 1.807) is 7.05 Å². The lowest BCUT2D eigenvalue weighted by molar-refractivity contribution is 0.564. The molecule has 0 radical (unpaired) electrons. The van der Waals surface area contributed by atoms with Gasteiger partial charge < -0.3 is 4.90 Å². The van der Waals surface area contributed by atoms with E-state index in [4.69, 9.17) is 0 Å². The minimum Gasteiger partial charge on any atom is -0.361 e. The third-order valence-electron chi connectivity index (χ3n) is 1.75. The van der Waals surface area contributed by atoms with Crippen molar-refractivity contribution in [1.82, 2.24) is 4.90 Å². The fraction of sp³-hybridized carbons (Fsp3) is 0.400. The van der Waals surface area contributed by atoms with Crippen LogP contribution in [0.4, 0.5) is 0 Å². The minimum atomic E-state index is 0.876. The molecule has 70 valence electrons. The summed E-state index contributed by atoms with van der Waals surface area (Å²) in [5.41, 5.74) is 2.16. The third kappa shape index (κ3) is 2.54. The molecule has 0 fully saturated rings. The van der Waals surface area contributed by atoms with E-state index in [1.807, 2.05) is 43.6 Å². The molecular formula is C10H15N3. The summed E-state index contributed by atoms with van der Waals surface area (Å²) in [6, 6.07) is 0. The summed E-state index contributed by atoms with van der Waals surface area (Å²) < 4.78 is 0. The van der Waals surface area contributed by atoms with Gasteiger partial charge in [0.25, 0.3) is 0 Å². The largest absolute Gasteiger partial charge is 0.361 e. The van der Waals surface area contributed by atoms with Crippen LogP contribution in [0.1, 0.15) is 6.92 Å². The van der Waals surface area contributed by atoms with Gasteiger partial charge in [-0.05, 0) is 13.0 Å². The van der Waals surface area contributed by atoms with Crippen LogP contribution < -0.4 is 0 Å². The predicted molar refractivity (Wildman–Crippen MR) is 57.4 cm³/mol. The van der Waals surface area contributed by atoms with Crippen molar-refractivity contribution < 1.29 is 0 Å². The molecule has 0 unspecified atom stereocenters. The van der Waals surface area contributed by atoms with E-state index in [9.17, 15) is 0 Å². The molecular weight excluding hydrogens is 162 g/mol. The molecule has 1 heterocycles. The predicted octanol–water partition coefficient (Wildman–Crippen LogP) is 1.49. The van der Waals surface area contributed by atoms with Gasteiger partial charge in [0.2, 0.25) is 0 Å². The van der Waals surface area contributed by atoms with Gasteiger partial charge in [-0.1, -0.05) is 6.08 Å². The molecule has 1 aliphatic heterocycles. The van der Waals surface area contributed by atoms with E-state index < -0.39 is 0 Å². The fourth-order valence-electron chi connectivity index (χ4n) is 1.20. The van der Waals surface area contributed by atoms with Gasteiger partial charge in [-0.2, -0.15) is 0 Å². The molecule has 3 heteroatoms. The summed E-state index contributed by atoms with van der Waals surface area (Å²) in [4.78, 5) is 10.3. The normalized spacial score (nSPS) is 18.2. The maximum absolute atomic E-state index is 4.30. The van der Waals surface area contributed by atoms with E-state index in [2.05, 4.69) is 9.98 Å². The molecule has 0 saturated heterocycles. The lowest BCUT2D eigenvalue weighted by atomic mass is 10.2. The van der Waals surface area contributed by atoms with Crippen LogP contribution >= 0.6 is 0 Å². The summed E-state index contributed by atoms with van der Waals surface area (Å²) in [6.07, 6.45) is 7.69. The standard InChI is InChI=1S/C10H15N3/c1-4-5-10-9(6-11-2)7-13(3)8-12-10/h4-6,8H,7H2,1-3H3/b5-4-,11-6?. The van der Waals surface area contributed by atoms with Crippen LogP contribution in [0.15, 0.2) is 33.4 Å².